The van der Waals surface area contributed by atoms with Gasteiger partial charge in [-0.15, -0.1) is 0 Å². The summed E-state index contributed by atoms with van der Waals surface area (Å²) in [4.78, 5) is 15.5. The zero-order valence-electron chi connectivity index (χ0n) is 11.1. The lowest BCUT2D eigenvalue weighted by Crippen LogP contribution is -2.09. The third kappa shape index (κ3) is 2.13. The van der Waals surface area contributed by atoms with E-state index in [1.54, 1.807) is 6.20 Å². The molecular formula is C15H19NO2. The fourth-order valence-corrected chi connectivity index (χ4v) is 2.07. The van der Waals surface area contributed by atoms with Crippen molar-refractivity contribution < 1.29 is 9.53 Å². The molecule has 1 N–H and O–H groups in total. The summed E-state index contributed by atoms with van der Waals surface area (Å²) in [5, 5.41) is 0.907. The lowest BCUT2D eigenvalue weighted by molar-refractivity contribution is 0.0929. The Morgan fingerprint density at radius 2 is 2.17 bits per heavy atom. The molecule has 0 aliphatic heterocycles. The molecule has 1 atom stereocenters. The maximum Gasteiger partial charge on any atom is 0.167 e. The van der Waals surface area contributed by atoms with Gasteiger partial charge in [-0.05, 0) is 25.5 Å². The van der Waals surface area contributed by atoms with Gasteiger partial charge in [-0.1, -0.05) is 19.9 Å². The molecule has 1 aromatic carbocycles. The molecule has 1 unspecified atom stereocenters. The third-order valence-corrected chi connectivity index (χ3v) is 3.29. The van der Waals surface area contributed by atoms with Crippen molar-refractivity contribution in [2.24, 2.45) is 5.92 Å². The molecule has 0 bridgehead atoms. The number of Topliss-reactive ketones (excluding diaryl/α,β-unsaturated/α-hetero) is 1. The maximum atomic E-state index is 12.3. The van der Waals surface area contributed by atoms with Gasteiger partial charge in [0.05, 0.1) is 12.0 Å². The number of ether oxygens (including phenoxy) is 1. The fraction of sp³-hybridized carbons (Fsp3) is 0.400. The van der Waals surface area contributed by atoms with Gasteiger partial charge in [0.2, 0.25) is 0 Å². The molecule has 3 heteroatoms. The highest BCUT2D eigenvalue weighted by Crippen LogP contribution is 2.30. The van der Waals surface area contributed by atoms with Crippen LogP contribution in [0.15, 0.2) is 24.4 Å². The summed E-state index contributed by atoms with van der Waals surface area (Å²) in [7, 11) is 0. The number of aromatic amines is 1. The Bertz CT molecular complexity index is 557. The van der Waals surface area contributed by atoms with Crippen LogP contribution < -0.4 is 4.74 Å². The predicted octanol–water partition coefficient (Wildman–Crippen LogP) is 3.80. The summed E-state index contributed by atoms with van der Waals surface area (Å²) in [6.07, 6.45) is 2.64. The van der Waals surface area contributed by atoms with Gasteiger partial charge in [0.25, 0.3) is 0 Å². The highest BCUT2D eigenvalue weighted by atomic mass is 16.5. The summed E-state index contributed by atoms with van der Waals surface area (Å²) in [5.41, 5.74) is 1.69. The first-order chi connectivity index (χ1) is 8.69. The van der Waals surface area contributed by atoms with E-state index >= 15 is 0 Å². The molecule has 0 saturated carbocycles. The third-order valence-electron chi connectivity index (χ3n) is 3.29. The van der Waals surface area contributed by atoms with Gasteiger partial charge >= 0.3 is 0 Å². The number of rotatable bonds is 5. The van der Waals surface area contributed by atoms with Crippen LogP contribution >= 0.6 is 0 Å². The van der Waals surface area contributed by atoms with E-state index in [0.717, 1.165) is 28.6 Å². The SMILES string of the molecule is CCOc1cccc2[nH]cc(C(=O)C(C)CC)c12. The number of H-pyrrole nitrogens is 1. The van der Waals surface area contributed by atoms with Gasteiger partial charge in [-0.2, -0.15) is 0 Å². The topological polar surface area (TPSA) is 42.1 Å². The van der Waals surface area contributed by atoms with E-state index in [0.29, 0.717) is 6.61 Å². The van der Waals surface area contributed by atoms with Crippen LogP contribution in [0.1, 0.15) is 37.6 Å². The molecule has 0 saturated heterocycles. The summed E-state index contributed by atoms with van der Waals surface area (Å²) in [5.74, 6) is 0.998. The number of ketones is 1. The number of carbonyl (C=O) groups excluding carboxylic acids is 1. The second-order valence-electron chi connectivity index (χ2n) is 4.49. The summed E-state index contributed by atoms with van der Waals surface area (Å²) in [6, 6.07) is 5.81. The van der Waals surface area contributed by atoms with Gasteiger partial charge in [0.15, 0.2) is 5.78 Å². The molecule has 1 aromatic heterocycles. The molecule has 3 nitrogen and oxygen atoms in total. The summed E-state index contributed by atoms with van der Waals surface area (Å²) >= 11 is 0. The zero-order chi connectivity index (χ0) is 13.1. The van der Waals surface area contributed by atoms with Crippen molar-refractivity contribution in [2.75, 3.05) is 6.61 Å². The quantitative estimate of drug-likeness (QED) is 0.814. The molecule has 0 radical (unpaired) electrons. The first kappa shape index (κ1) is 12.7. The molecule has 0 aliphatic carbocycles. The van der Waals surface area contributed by atoms with Gasteiger partial charge in [0.1, 0.15) is 5.75 Å². The Labute approximate surface area is 107 Å². The first-order valence-corrected chi connectivity index (χ1v) is 6.46. The van der Waals surface area contributed by atoms with Crippen molar-refractivity contribution in [3.05, 3.63) is 30.0 Å². The maximum absolute atomic E-state index is 12.3. The van der Waals surface area contributed by atoms with Gasteiger partial charge in [-0.25, -0.2) is 0 Å². The molecule has 18 heavy (non-hydrogen) atoms. The lowest BCUT2D eigenvalue weighted by atomic mass is 9.96. The second-order valence-corrected chi connectivity index (χ2v) is 4.49. The minimum absolute atomic E-state index is 0.0404. The largest absolute Gasteiger partial charge is 0.493 e. The van der Waals surface area contributed by atoms with E-state index in [2.05, 4.69) is 4.98 Å². The van der Waals surface area contributed by atoms with Gasteiger partial charge in [0, 0.05) is 23.2 Å². The van der Waals surface area contributed by atoms with E-state index in [9.17, 15) is 4.79 Å². The Kier molecular flexibility index (Phi) is 3.70. The molecule has 0 amide bonds. The van der Waals surface area contributed by atoms with E-state index in [1.807, 2.05) is 39.0 Å². The molecule has 1 heterocycles. The standard InChI is InChI=1S/C15H19NO2/c1-4-10(3)15(17)11-9-16-12-7-6-8-13(14(11)12)18-5-2/h6-10,16H,4-5H2,1-3H3. The minimum Gasteiger partial charge on any atom is -0.493 e. The molecule has 0 fully saturated rings. The fourth-order valence-electron chi connectivity index (χ4n) is 2.07. The lowest BCUT2D eigenvalue weighted by Gasteiger charge is -2.09. The van der Waals surface area contributed by atoms with Gasteiger partial charge in [-0.3, -0.25) is 4.79 Å². The van der Waals surface area contributed by atoms with Crippen LogP contribution in [0.5, 0.6) is 5.75 Å². The first-order valence-electron chi connectivity index (χ1n) is 6.46. The van der Waals surface area contributed by atoms with Crippen molar-refractivity contribution in [1.82, 2.24) is 4.98 Å². The molecular weight excluding hydrogens is 226 g/mol. The monoisotopic (exact) mass is 245 g/mol. The van der Waals surface area contributed by atoms with Crippen LogP contribution in [0.25, 0.3) is 10.9 Å². The Hall–Kier alpha value is -1.77. The molecule has 96 valence electrons. The number of carbonyl (C=O) groups is 1. The van der Waals surface area contributed by atoms with Crippen molar-refractivity contribution in [2.45, 2.75) is 27.2 Å². The predicted molar refractivity (Wildman–Crippen MR) is 73.3 cm³/mol. The van der Waals surface area contributed by atoms with Crippen LogP contribution in [-0.4, -0.2) is 17.4 Å². The highest BCUT2D eigenvalue weighted by molar-refractivity contribution is 6.10. The van der Waals surface area contributed by atoms with Crippen LogP contribution in [0.2, 0.25) is 0 Å². The number of nitrogens with one attached hydrogen (secondary N) is 1. The van der Waals surface area contributed by atoms with E-state index in [1.165, 1.54) is 0 Å². The Morgan fingerprint density at radius 3 is 2.83 bits per heavy atom. The van der Waals surface area contributed by atoms with E-state index in [4.69, 9.17) is 4.74 Å². The Balaban J connectivity index is 2.54. The van der Waals surface area contributed by atoms with Crippen LogP contribution in [0.4, 0.5) is 0 Å². The smallest absolute Gasteiger partial charge is 0.167 e. The van der Waals surface area contributed by atoms with Crippen molar-refractivity contribution in [3.63, 3.8) is 0 Å². The van der Waals surface area contributed by atoms with Crippen molar-refractivity contribution >= 4 is 16.7 Å². The van der Waals surface area contributed by atoms with Crippen LogP contribution in [0.3, 0.4) is 0 Å². The van der Waals surface area contributed by atoms with Crippen LogP contribution in [0, 0.1) is 5.92 Å². The normalized spacial score (nSPS) is 12.6. The number of fused-ring (bicyclic) bond motifs is 1. The van der Waals surface area contributed by atoms with Gasteiger partial charge < -0.3 is 9.72 Å². The zero-order valence-corrected chi connectivity index (χ0v) is 11.1. The highest BCUT2D eigenvalue weighted by Gasteiger charge is 2.19. The average molecular weight is 245 g/mol. The second kappa shape index (κ2) is 5.25. The number of benzene rings is 1. The van der Waals surface area contributed by atoms with Crippen molar-refractivity contribution in [1.29, 1.82) is 0 Å². The number of hydrogen-bond acceptors (Lipinski definition) is 2. The van der Waals surface area contributed by atoms with Crippen LogP contribution in [-0.2, 0) is 0 Å². The number of hydrogen-bond donors (Lipinski definition) is 1. The molecule has 0 spiro atoms. The number of aromatic nitrogens is 1. The average Bonchev–Trinajstić information content (AvgIpc) is 2.82. The van der Waals surface area contributed by atoms with Crippen molar-refractivity contribution in [3.8, 4) is 5.75 Å². The molecule has 2 aromatic rings. The molecule has 2 rings (SSSR count). The van der Waals surface area contributed by atoms with E-state index in [-0.39, 0.29) is 11.7 Å². The summed E-state index contributed by atoms with van der Waals surface area (Å²) in [6.45, 7) is 6.54. The van der Waals surface area contributed by atoms with E-state index < -0.39 is 0 Å². The summed E-state index contributed by atoms with van der Waals surface area (Å²) < 4.78 is 5.61. The minimum atomic E-state index is 0.0404. The Morgan fingerprint density at radius 1 is 1.39 bits per heavy atom. The molecule has 0 aliphatic rings.